The van der Waals surface area contributed by atoms with Crippen molar-refractivity contribution < 1.29 is 37.8 Å². The van der Waals surface area contributed by atoms with E-state index in [9.17, 15) is 5.11 Å². The van der Waals surface area contributed by atoms with Crippen LogP contribution < -0.4 is 0 Å². The van der Waals surface area contributed by atoms with Crippen molar-refractivity contribution in [3.8, 4) is 0 Å². The van der Waals surface area contributed by atoms with Crippen LogP contribution in [0.15, 0.2) is 17.5 Å². The molecule has 0 fully saturated rings. The Hall–Kier alpha value is 0.764. The van der Waals surface area contributed by atoms with Gasteiger partial charge in [0.25, 0.3) is 0 Å². The first-order chi connectivity index (χ1) is 4.84. The molecule has 1 aromatic heterocycles. The van der Waals surface area contributed by atoms with Gasteiger partial charge in [-0.1, -0.05) is 19.4 Å². The SMILES string of the molecule is CCCC(O)c1cccs1.[Y]. The Morgan fingerprint density at radius 2 is 2.36 bits per heavy atom. The minimum atomic E-state index is -0.231. The Kier molecular flexibility index (Phi) is 6.74. The third-order valence-electron chi connectivity index (χ3n) is 1.43. The Labute approximate surface area is 96.7 Å². The summed E-state index contributed by atoms with van der Waals surface area (Å²) in [5.41, 5.74) is 0. The van der Waals surface area contributed by atoms with E-state index in [0.29, 0.717) is 0 Å². The molecule has 1 aromatic rings. The van der Waals surface area contributed by atoms with Crippen LogP contribution >= 0.6 is 11.3 Å². The molecule has 59 valence electrons. The second kappa shape index (κ2) is 6.30. The van der Waals surface area contributed by atoms with Crippen molar-refractivity contribution in [2.75, 3.05) is 0 Å². The van der Waals surface area contributed by atoms with Crippen LogP contribution in [0.5, 0.6) is 0 Å². The van der Waals surface area contributed by atoms with Crippen molar-refractivity contribution >= 4 is 11.3 Å². The van der Waals surface area contributed by atoms with E-state index in [-0.39, 0.29) is 38.8 Å². The fraction of sp³-hybridized carbons (Fsp3) is 0.500. The Bertz CT molecular complexity index is 174. The van der Waals surface area contributed by atoms with Crippen molar-refractivity contribution in [2.45, 2.75) is 25.9 Å². The third-order valence-corrected chi connectivity index (χ3v) is 2.41. The molecule has 0 aliphatic heterocycles. The molecule has 1 radical (unpaired) electrons. The summed E-state index contributed by atoms with van der Waals surface area (Å²) in [6.45, 7) is 2.08. The molecule has 3 heteroatoms. The first-order valence-corrected chi connectivity index (χ1v) is 4.44. The molecule has 1 N–H and O–H groups in total. The van der Waals surface area contributed by atoms with E-state index in [2.05, 4.69) is 6.92 Å². The van der Waals surface area contributed by atoms with E-state index < -0.39 is 0 Å². The van der Waals surface area contributed by atoms with E-state index in [0.717, 1.165) is 17.7 Å². The van der Waals surface area contributed by atoms with Gasteiger partial charge in [-0.15, -0.1) is 11.3 Å². The third kappa shape index (κ3) is 3.79. The van der Waals surface area contributed by atoms with E-state index in [1.165, 1.54) is 0 Å². The number of aliphatic hydroxyl groups excluding tert-OH is 1. The van der Waals surface area contributed by atoms with Crippen LogP contribution in [-0.4, -0.2) is 5.11 Å². The van der Waals surface area contributed by atoms with Gasteiger partial charge in [-0.3, -0.25) is 0 Å². The minimum Gasteiger partial charge on any atom is -0.388 e. The number of hydrogen-bond acceptors (Lipinski definition) is 2. The van der Waals surface area contributed by atoms with Gasteiger partial charge in [0.2, 0.25) is 0 Å². The summed E-state index contributed by atoms with van der Waals surface area (Å²) in [5.74, 6) is 0. The molecular formula is C8H12OSY. The number of aliphatic hydroxyl groups is 1. The van der Waals surface area contributed by atoms with Gasteiger partial charge in [-0.2, -0.15) is 0 Å². The normalized spacial score (nSPS) is 12.2. The van der Waals surface area contributed by atoms with Crippen molar-refractivity contribution in [1.82, 2.24) is 0 Å². The molecule has 0 amide bonds. The van der Waals surface area contributed by atoms with Gasteiger partial charge in [-0.05, 0) is 17.9 Å². The zero-order chi connectivity index (χ0) is 7.40. The standard InChI is InChI=1S/C8H12OS.Y/c1-2-4-7(9)8-5-3-6-10-8;/h3,5-7,9H,2,4H2,1H3;. The van der Waals surface area contributed by atoms with Gasteiger partial charge in [0.15, 0.2) is 0 Å². The van der Waals surface area contributed by atoms with Gasteiger partial charge in [0.1, 0.15) is 0 Å². The molecule has 0 saturated carbocycles. The Morgan fingerprint density at radius 3 is 2.82 bits per heavy atom. The molecule has 1 nitrogen and oxygen atoms in total. The second-order valence-electron chi connectivity index (χ2n) is 2.32. The topological polar surface area (TPSA) is 20.2 Å². The van der Waals surface area contributed by atoms with E-state index in [1.54, 1.807) is 11.3 Å². The molecule has 0 aliphatic carbocycles. The van der Waals surface area contributed by atoms with Crippen LogP contribution in [0.4, 0.5) is 0 Å². The minimum absolute atomic E-state index is 0. The predicted octanol–water partition coefficient (Wildman–Crippen LogP) is 2.58. The molecule has 0 bridgehead atoms. The first kappa shape index (κ1) is 11.8. The first-order valence-electron chi connectivity index (χ1n) is 3.56. The van der Waals surface area contributed by atoms with Gasteiger partial charge in [0, 0.05) is 37.6 Å². The monoisotopic (exact) mass is 245 g/mol. The molecule has 1 atom stereocenters. The van der Waals surface area contributed by atoms with Crippen LogP contribution in [0, 0.1) is 0 Å². The maximum absolute atomic E-state index is 9.42. The Morgan fingerprint density at radius 1 is 1.64 bits per heavy atom. The summed E-state index contributed by atoms with van der Waals surface area (Å²) < 4.78 is 0. The van der Waals surface area contributed by atoms with Gasteiger partial charge >= 0.3 is 0 Å². The molecule has 11 heavy (non-hydrogen) atoms. The summed E-state index contributed by atoms with van der Waals surface area (Å²) in [5, 5.41) is 11.4. The smallest absolute Gasteiger partial charge is 0.0881 e. The number of rotatable bonds is 3. The fourth-order valence-electron chi connectivity index (χ4n) is 0.897. The summed E-state index contributed by atoms with van der Waals surface area (Å²) in [7, 11) is 0. The predicted molar refractivity (Wildman–Crippen MR) is 44.2 cm³/mol. The quantitative estimate of drug-likeness (QED) is 0.867. The average Bonchev–Trinajstić information content (AvgIpc) is 2.38. The van der Waals surface area contributed by atoms with Crippen LogP contribution in [0.3, 0.4) is 0 Å². The maximum Gasteiger partial charge on any atom is 0.0881 e. The number of hydrogen-bond donors (Lipinski definition) is 1. The van der Waals surface area contributed by atoms with Crippen molar-refractivity contribution in [2.24, 2.45) is 0 Å². The molecule has 1 rings (SSSR count). The summed E-state index contributed by atoms with van der Waals surface area (Å²) in [6.07, 6.45) is 1.68. The number of thiophene rings is 1. The Balaban J connectivity index is 0.000001000. The molecule has 0 saturated heterocycles. The molecule has 1 heterocycles. The molecular weight excluding hydrogens is 233 g/mol. The van der Waals surface area contributed by atoms with Crippen LogP contribution in [0.1, 0.15) is 30.7 Å². The summed E-state index contributed by atoms with van der Waals surface area (Å²) in [6, 6.07) is 3.95. The molecule has 0 aromatic carbocycles. The molecule has 0 aliphatic rings. The average molecular weight is 245 g/mol. The summed E-state index contributed by atoms with van der Waals surface area (Å²) >= 11 is 1.62. The van der Waals surface area contributed by atoms with E-state index in [1.807, 2.05) is 17.5 Å². The van der Waals surface area contributed by atoms with Gasteiger partial charge in [0.05, 0.1) is 6.10 Å². The van der Waals surface area contributed by atoms with Crippen molar-refractivity contribution in [3.05, 3.63) is 22.4 Å². The van der Waals surface area contributed by atoms with E-state index >= 15 is 0 Å². The van der Waals surface area contributed by atoms with Gasteiger partial charge < -0.3 is 5.11 Å². The fourth-order valence-corrected chi connectivity index (χ4v) is 1.64. The van der Waals surface area contributed by atoms with E-state index in [4.69, 9.17) is 0 Å². The van der Waals surface area contributed by atoms with Crippen LogP contribution in [-0.2, 0) is 32.7 Å². The van der Waals surface area contributed by atoms with Crippen molar-refractivity contribution in [3.63, 3.8) is 0 Å². The maximum atomic E-state index is 9.42. The van der Waals surface area contributed by atoms with Crippen molar-refractivity contribution in [1.29, 1.82) is 0 Å². The zero-order valence-corrected chi connectivity index (χ0v) is 10.3. The van der Waals surface area contributed by atoms with Gasteiger partial charge in [-0.25, -0.2) is 0 Å². The second-order valence-corrected chi connectivity index (χ2v) is 3.30. The molecule has 0 spiro atoms. The molecule has 1 unspecified atom stereocenters. The zero-order valence-electron chi connectivity index (χ0n) is 6.66. The summed E-state index contributed by atoms with van der Waals surface area (Å²) in [4.78, 5) is 1.09. The van der Waals surface area contributed by atoms with Crippen LogP contribution in [0.2, 0.25) is 0 Å². The van der Waals surface area contributed by atoms with Crippen LogP contribution in [0.25, 0.3) is 0 Å². The largest absolute Gasteiger partial charge is 0.388 e.